The number of ether oxygens (including phenoxy) is 1. The Morgan fingerprint density at radius 1 is 1.15 bits per heavy atom. The number of halogens is 4. The SMILES string of the molecule is CCNC(=NCc1ccc(OC)nc1)NCc1cccc(C(F)(F)F)c1.I. The third-order valence-electron chi connectivity index (χ3n) is 3.48. The van der Waals surface area contributed by atoms with Gasteiger partial charge in [-0.15, -0.1) is 24.0 Å². The highest BCUT2D eigenvalue weighted by atomic mass is 127. The molecule has 1 aromatic heterocycles. The van der Waals surface area contributed by atoms with E-state index in [9.17, 15) is 13.2 Å². The van der Waals surface area contributed by atoms with Crippen LogP contribution in [-0.4, -0.2) is 24.6 Å². The second kappa shape index (κ2) is 11.0. The number of hydrogen-bond acceptors (Lipinski definition) is 3. The molecule has 0 saturated carbocycles. The van der Waals surface area contributed by atoms with Crippen molar-refractivity contribution in [1.82, 2.24) is 15.6 Å². The Hall–Kier alpha value is -2.04. The molecule has 0 aliphatic carbocycles. The summed E-state index contributed by atoms with van der Waals surface area (Å²) in [5.41, 5.74) is 0.752. The number of aromatic nitrogens is 1. The molecule has 0 radical (unpaired) electrons. The largest absolute Gasteiger partial charge is 0.481 e. The van der Waals surface area contributed by atoms with E-state index >= 15 is 0 Å². The molecule has 9 heteroatoms. The molecule has 27 heavy (non-hydrogen) atoms. The van der Waals surface area contributed by atoms with Crippen LogP contribution in [0.25, 0.3) is 0 Å². The molecule has 0 unspecified atom stereocenters. The minimum absolute atomic E-state index is 0. The van der Waals surface area contributed by atoms with Crippen molar-refractivity contribution < 1.29 is 17.9 Å². The maximum atomic E-state index is 12.8. The standard InChI is InChI=1S/C18H21F3N4O.HI/c1-3-22-17(25-12-14-7-8-16(26-2)23-11-14)24-10-13-5-4-6-15(9-13)18(19,20)21;/h4-9,11H,3,10,12H2,1-2H3,(H2,22,24,25);1H. The first-order chi connectivity index (χ1) is 12.4. The van der Waals surface area contributed by atoms with Crippen LogP contribution in [0.1, 0.15) is 23.6 Å². The lowest BCUT2D eigenvalue weighted by molar-refractivity contribution is -0.137. The van der Waals surface area contributed by atoms with Crippen LogP contribution in [0.2, 0.25) is 0 Å². The zero-order chi connectivity index (χ0) is 19.0. The smallest absolute Gasteiger partial charge is 0.416 e. The molecule has 2 rings (SSSR count). The highest BCUT2D eigenvalue weighted by Gasteiger charge is 2.30. The Morgan fingerprint density at radius 3 is 2.52 bits per heavy atom. The average molecular weight is 494 g/mol. The van der Waals surface area contributed by atoms with Crippen LogP contribution in [0.3, 0.4) is 0 Å². The lowest BCUT2D eigenvalue weighted by atomic mass is 10.1. The molecule has 0 saturated heterocycles. The zero-order valence-corrected chi connectivity index (χ0v) is 17.3. The summed E-state index contributed by atoms with van der Waals surface area (Å²) in [6.07, 6.45) is -2.69. The minimum Gasteiger partial charge on any atom is -0.481 e. The van der Waals surface area contributed by atoms with Gasteiger partial charge in [0.15, 0.2) is 5.96 Å². The van der Waals surface area contributed by atoms with Crippen LogP contribution < -0.4 is 15.4 Å². The predicted octanol–water partition coefficient (Wildman–Crippen LogP) is 3.98. The van der Waals surface area contributed by atoms with E-state index in [1.165, 1.54) is 6.07 Å². The van der Waals surface area contributed by atoms with Crippen molar-refractivity contribution in [3.63, 3.8) is 0 Å². The molecule has 0 bridgehead atoms. The summed E-state index contributed by atoms with van der Waals surface area (Å²) in [7, 11) is 1.54. The number of alkyl halides is 3. The molecule has 0 amide bonds. The summed E-state index contributed by atoms with van der Waals surface area (Å²) >= 11 is 0. The Kier molecular flexibility index (Phi) is 9.33. The fraction of sp³-hybridized carbons (Fsp3) is 0.333. The third kappa shape index (κ3) is 7.61. The molecule has 0 fully saturated rings. The molecule has 2 N–H and O–H groups in total. The molecule has 0 aliphatic rings. The van der Waals surface area contributed by atoms with Crippen LogP contribution in [0.5, 0.6) is 5.88 Å². The number of hydrogen-bond donors (Lipinski definition) is 2. The molecule has 0 spiro atoms. The van der Waals surface area contributed by atoms with E-state index in [0.29, 0.717) is 30.5 Å². The van der Waals surface area contributed by atoms with Crippen molar-refractivity contribution in [2.45, 2.75) is 26.2 Å². The quantitative estimate of drug-likeness (QED) is 0.363. The van der Waals surface area contributed by atoms with Gasteiger partial charge in [-0.3, -0.25) is 0 Å². The van der Waals surface area contributed by atoms with Crippen molar-refractivity contribution >= 4 is 29.9 Å². The van der Waals surface area contributed by atoms with Gasteiger partial charge in [-0.1, -0.05) is 18.2 Å². The van der Waals surface area contributed by atoms with Gasteiger partial charge in [0.2, 0.25) is 5.88 Å². The van der Waals surface area contributed by atoms with Crippen molar-refractivity contribution in [2.24, 2.45) is 4.99 Å². The van der Waals surface area contributed by atoms with Crippen LogP contribution >= 0.6 is 24.0 Å². The zero-order valence-electron chi connectivity index (χ0n) is 15.0. The number of methoxy groups -OCH3 is 1. The maximum absolute atomic E-state index is 12.8. The predicted molar refractivity (Wildman–Crippen MR) is 109 cm³/mol. The Labute approximate surface area is 173 Å². The lowest BCUT2D eigenvalue weighted by Gasteiger charge is -2.13. The van der Waals surface area contributed by atoms with E-state index in [1.807, 2.05) is 13.0 Å². The van der Waals surface area contributed by atoms with Crippen LogP contribution in [0, 0.1) is 0 Å². The van der Waals surface area contributed by atoms with E-state index in [0.717, 1.165) is 17.7 Å². The van der Waals surface area contributed by atoms with Gasteiger partial charge >= 0.3 is 6.18 Å². The van der Waals surface area contributed by atoms with E-state index in [4.69, 9.17) is 4.74 Å². The summed E-state index contributed by atoms with van der Waals surface area (Å²) in [4.78, 5) is 8.53. The normalized spacial score (nSPS) is 11.5. The van der Waals surface area contributed by atoms with Crippen molar-refractivity contribution in [3.05, 3.63) is 59.3 Å². The van der Waals surface area contributed by atoms with E-state index < -0.39 is 11.7 Å². The topological polar surface area (TPSA) is 58.5 Å². The van der Waals surface area contributed by atoms with Crippen molar-refractivity contribution in [3.8, 4) is 5.88 Å². The Bertz CT molecular complexity index is 736. The molecule has 2 aromatic rings. The van der Waals surface area contributed by atoms with E-state index in [-0.39, 0.29) is 30.5 Å². The number of guanidine groups is 1. The average Bonchev–Trinajstić information content (AvgIpc) is 2.64. The summed E-state index contributed by atoms with van der Waals surface area (Å²) < 4.78 is 43.3. The molecular weight excluding hydrogens is 472 g/mol. The van der Waals surface area contributed by atoms with Gasteiger partial charge < -0.3 is 15.4 Å². The molecular formula is C18H22F3IN4O. The number of rotatable bonds is 6. The van der Waals surface area contributed by atoms with Gasteiger partial charge in [-0.25, -0.2) is 9.98 Å². The van der Waals surface area contributed by atoms with Gasteiger partial charge in [-0.05, 0) is 30.2 Å². The summed E-state index contributed by atoms with van der Waals surface area (Å²) in [5.74, 6) is 1.04. The van der Waals surface area contributed by atoms with Gasteiger partial charge in [0, 0.05) is 25.4 Å². The number of aliphatic imine (C=N–C) groups is 1. The van der Waals surface area contributed by atoms with Crippen LogP contribution in [0.4, 0.5) is 13.2 Å². The molecule has 0 atom stereocenters. The van der Waals surface area contributed by atoms with Crippen molar-refractivity contribution in [2.75, 3.05) is 13.7 Å². The molecule has 1 aromatic carbocycles. The summed E-state index contributed by atoms with van der Waals surface area (Å²) in [6.45, 7) is 3.16. The minimum atomic E-state index is -4.35. The second-order valence-corrected chi connectivity index (χ2v) is 5.46. The van der Waals surface area contributed by atoms with Gasteiger partial charge in [0.05, 0.1) is 19.2 Å². The van der Waals surface area contributed by atoms with E-state index in [1.54, 1.807) is 25.4 Å². The molecule has 0 aliphatic heterocycles. The highest BCUT2D eigenvalue weighted by molar-refractivity contribution is 14.0. The fourth-order valence-electron chi connectivity index (χ4n) is 2.18. The van der Waals surface area contributed by atoms with Gasteiger partial charge in [-0.2, -0.15) is 13.2 Å². The monoisotopic (exact) mass is 494 g/mol. The first-order valence-electron chi connectivity index (χ1n) is 8.09. The second-order valence-electron chi connectivity index (χ2n) is 5.46. The van der Waals surface area contributed by atoms with Gasteiger partial charge in [0.1, 0.15) is 0 Å². The van der Waals surface area contributed by atoms with Crippen LogP contribution in [0.15, 0.2) is 47.6 Å². The molecule has 1 heterocycles. The van der Waals surface area contributed by atoms with Crippen molar-refractivity contribution in [1.29, 1.82) is 0 Å². The van der Waals surface area contributed by atoms with Gasteiger partial charge in [0.25, 0.3) is 0 Å². The Balaban J connectivity index is 0.00000364. The summed E-state index contributed by atoms with van der Waals surface area (Å²) in [6, 6.07) is 8.81. The Morgan fingerprint density at radius 2 is 1.93 bits per heavy atom. The number of pyridine rings is 1. The first-order valence-corrected chi connectivity index (χ1v) is 8.09. The summed E-state index contributed by atoms with van der Waals surface area (Å²) in [5, 5.41) is 6.10. The third-order valence-corrected chi connectivity index (χ3v) is 3.48. The maximum Gasteiger partial charge on any atom is 0.416 e. The number of nitrogens with one attached hydrogen (secondary N) is 2. The first kappa shape index (κ1) is 23.0. The fourth-order valence-corrected chi connectivity index (χ4v) is 2.18. The number of nitrogens with zero attached hydrogens (tertiary/aromatic N) is 2. The van der Waals surface area contributed by atoms with Crippen LogP contribution in [-0.2, 0) is 19.3 Å². The van der Waals surface area contributed by atoms with E-state index in [2.05, 4.69) is 20.6 Å². The molecule has 5 nitrogen and oxygen atoms in total. The highest BCUT2D eigenvalue weighted by Crippen LogP contribution is 2.29. The number of benzene rings is 1. The molecule has 148 valence electrons. The lowest BCUT2D eigenvalue weighted by Crippen LogP contribution is -2.36.